The van der Waals surface area contributed by atoms with Gasteiger partial charge in [0.2, 0.25) is 0 Å². The molecule has 0 saturated carbocycles. The Morgan fingerprint density at radius 1 is 1.50 bits per heavy atom. The lowest BCUT2D eigenvalue weighted by atomic mass is 9.87. The topological polar surface area (TPSA) is 65.7 Å². The fourth-order valence-electron chi connectivity index (χ4n) is 2.27. The molecular weight excluding hydrogens is 258 g/mol. The molecule has 0 bridgehead atoms. The number of aromatic nitrogens is 2. The van der Waals surface area contributed by atoms with E-state index in [4.69, 9.17) is 9.47 Å². The van der Waals surface area contributed by atoms with Crippen molar-refractivity contribution in [3.63, 3.8) is 0 Å². The highest BCUT2D eigenvalue weighted by atomic mass is 16.5. The van der Waals surface area contributed by atoms with E-state index in [0.29, 0.717) is 6.61 Å². The first-order valence-corrected chi connectivity index (χ1v) is 6.72. The van der Waals surface area contributed by atoms with Crippen molar-refractivity contribution in [1.82, 2.24) is 9.78 Å². The Balaban J connectivity index is 2.34. The molecule has 0 N–H and O–H groups in total. The van der Waals surface area contributed by atoms with Crippen molar-refractivity contribution in [2.45, 2.75) is 45.3 Å². The Morgan fingerprint density at radius 2 is 2.20 bits per heavy atom. The van der Waals surface area contributed by atoms with Gasteiger partial charge >= 0.3 is 5.97 Å². The maximum Gasteiger partial charge on any atom is 0.335 e. The largest absolute Gasteiger partial charge is 0.473 e. The summed E-state index contributed by atoms with van der Waals surface area (Å²) in [6.07, 6.45) is 2.75. The van der Waals surface area contributed by atoms with Crippen LogP contribution in [-0.4, -0.2) is 34.8 Å². The second-order valence-electron chi connectivity index (χ2n) is 5.86. The third-order valence-electron chi connectivity index (χ3n) is 3.12. The summed E-state index contributed by atoms with van der Waals surface area (Å²) in [5.41, 5.74) is 1.65. The first kappa shape index (κ1) is 14.6. The SMILES string of the molecule is CCOC(=O)C1N=COC1c1cn(C)nc1C(C)(C)C. The molecule has 2 heterocycles. The highest BCUT2D eigenvalue weighted by Crippen LogP contribution is 2.34. The van der Waals surface area contributed by atoms with Gasteiger partial charge in [0.15, 0.2) is 18.5 Å². The monoisotopic (exact) mass is 279 g/mol. The molecule has 2 atom stereocenters. The van der Waals surface area contributed by atoms with Gasteiger partial charge in [0.1, 0.15) is 0 Å². The van der Waals surface area contributed by atoms with Gasteiger partial charge in [0.05, 0.1) is 12.3 Å². The highest BCUT2D eigenvalue weighted by Gasteiger charge is 2.39. The Hall–Kier alpha value is -1.85. The molecule has 1 aliphatic heterocycles. The minimum absolute atomic E-state index is 0.137. The van der Waals surface area contributed by atoms with Gasteiger partial charge in [-0.15, -0.1) is 0 Å². The first-order chi connectivity index (χ1) is 9.34. The lowest BCUT2D eigenvalue weighted by Gasteiger charge is -2.21. The molecule has 20 heavy (non-hydrogen) atoms. The smallest absolute Gasteiger partial charge is 0.335 e. The van der Waals surface area contributed by atoms with Crippen molar-refractivity contribution in [3.8, 4) is 0 Å². The number of rotatable bonds is 3. The third kappa shape index (κ3) is 2.69. The van der Waals surface area contributed by atoms with Gasteiger partial charge in [-0.05, 0) is 6.92 Å². The number of aryl methyl sites for hydroxylation is 1. The third-order valence-corrected chi connectivity index (χ3v) is 3.12. The van der Waals surface area contributed by atoms with Crippen molar-refractivity contribution in [2.75, 3.05) is 6.61 Å². The van der Waals surface area contributed by atoms with E-state index in [0.717, 1.165) is 11.3 Å². The number of hydrogen-bond donors (Lipinski definition) is 0. The van der Waals surface area contributed by atoms with Crippen LogP contribution in [0.2, 0.25) is 0 Å². The number of aliphatic imine (C=N–C) groups is 1. The van der Waals surface area contributed by atoms with E-state index in [9.17, 15) is 4.79 Å². The molecule has 2 rings (SSSR count). The summed E-state index contributed by atoms with van der Waals surface area (Å²) in [6, 6.07) is -0.653. The van der Waals surface area contributed by atoms with E-state index in [-0.39, 0.29) is 11.4 Å². The standard InChI is InChI=1S/C14H21N3O3/c1-6-19-13(18)10-11(20-8-15-10)9-7-17(5)16-12(9)14(2,3)4/h7-8,10-11H,6H2,1-5H3. The fraction of sp³-hybridized carbons (Fsp3) is 0.643. The Morgan fingerprint density at radius 3 is 2.80 bits per heavy atom. The molecule has 0 amide bonds. The van der Waals surface area contributed by atoms with Crippen LogP contribution < -0.4 is 0 Å². The number of carbonyl (C=O) groups is 1. The molecule has 1 aliphatic rings. The highest BCUT2D eigenvalue weighted by molar-refractivity contribution is 5.80. The first-order valence-electron chi connectivity index (χ1n) is 6.72. The van der Waals surface area contributed by atoms with Crippen LogP contribution in [-0.2, 0) is 26.7 Å². The van der Waals surface area contributed by atoms with E-state index < -0.39 is 12.1 Å². The van der Waals surface area contributed by atoms with E-state index in [1.54, 1.807) is 11.6 Å². The summed E-state index contributed by atoms with van der Waals surface area (Å²) in [6.45, 7) is 8.34. The molecule has 1 aromatic rings. The molecule has 1 aromatic heterocycles. The molecule has 2 unspecified atom stereocenters. The zero-order chi connectivity index (χ0) is 14.9. The number of hydrogen-bond acceptors (Lipinski definition) is 5. The fourth-order valence-corrected chi connectivity index (χ4v) is 2.27. The van der Waals surface area contributed by atoms with Gasteiger partial charge < -0.3 is 9.47 Å². The van der Waals surface area contributed by atoms with Crippen LogP contribution in [0.4, 0.5) is 0 Å². The van der Waals surface area contributed by atoms with Crippen molar-refractivity contribution in [1.29, 1.82) is 0 Å². The van der Waals surface area contributed by atoms with E-state index in [1.165, 1.54) is 6.40 Å². The molecular formula is C14H21N3O3. The summed E-state index contributed by atoms with van der Waals surface area (Å²) in [7, 11) is 1.86. The predicted molar refractivity (Wildman–Crippen MR) is 74.6 cm³/mol. The molecule has 0 fully saturated rings. The van der Waals surface area contributed by atoms with Gasteiger partial charge in [-0.3, -0.25) is 4.68 Å². The lowest BCUT2D eigenvalue weighted by molar-refractivity contribution is -0.146. The maximum absolute atomic E-state index is 12.0. The van der Waals surface area contributed by atoms with Gasteiger partial charge in [-0.1, -0.05) is 20.8 Å². The van der Waals surface area contributed by atoms with E-state index in [1.807, 2.05) is 13.2 Å². The summed E-state index contributed by atoms with van der Waals surface area (Å²) >= 11 is 0. The van der Waals surface area contributed by atoms with Crippen molar-refractivity contribution in [3.05, 3.63) is 17.5 Å². The number of nitrogens with zero attached hydrogens (tertiary/aromatic N) is 3. The van der Waals surface area contributed by atoms with Crippen molar-refractivity contribution < 1.29 is 14.3 Å². The van der Waals surface area contributed by atoms with E-state index in [2.05, 4.69) is 30.9 Å². The Kier molecular flexibility index (Phi) is 3.83. The zero-order valence-electron chi connectivity index (χ0n) is 12.6. The predicted octanol–water partition coefficient (Wildman–Crippen LogP) is 1.75. The van der Waals surface area contributed by atoms with Crippen molar-refractivity contribution in [2.24, 2.45) is 12.0 Å². The molecule has 110 valence electrons. The van der Waals surface area contributed by atoms with Crippen LogP contribution in [0.5, 0.6) is 0 Å². The summed E-state index contributed by atoms with van der Waals surface area (Å²) in [5, 5.41) is 4.50. The van der Waals surface area contributed by atoms with Gasteiger partial charge in [0.25, 0.3) is 0 Å². The molecule has 0 aromatic carbocycles. The average molecular weight is 279 g/mol. The molecule has 0 radical (unpaired) electrons. The molecule has 0 saturated heterocycles. The molecule has 6 heteroatoms. The number of ether oxygens (including phenoxy) is 2. The Labute approximate surface area is 118 Å². The van der Waals surface area contributed by atoms with Gasteiger partial charge in [0, 0.05) is 24.2 Å². The quantitative estimate of drug-likeness (QED) is 0.791. The van der Waals surface area contributed by atoms with E-state index >= 15 is 0 Å². The Bertz CT molecular complexity index is 528. The van der Waals surface area contributed by atoms with Crippen LogP contribution in [0.15, 0.2) is 11.2 Å². The lowest BCUT2D eigenvalue weighted by Crippen LogP contribution is -2.28. The van der Waals surface area contributed by atoms with Gasteiger partial charge in [-0.2, -0.15) is 5.10 Å². The summed E-state index contributed by atoms with van der Waals surface area (Å²) < 4.78 is 12.3. The number of carbonyl (C=O) groups excluding carboxylic acids is 1. The van der Waals surface area contributed by atoms with Crippen molar-refractivity contribution >= 4 is 12.4 Å². The summed E-state index contributed by atoms with van der Waals surface area (Å²) in [5.74, 6) is -0.366. The minimum Gasteiger partial charge on any atom is -0.473 e. The normalized spacial score (nSPS) is 21.9. The second kappa shape index (κ2) is 5.26. The molecule has 0 aliphatic carbocycles. The molecule has 6 nitrogen and oxygen atoms in total. The van der Waals surface area contributed by atoms with Crippen LogP contribution in [0, 0.1) is 0 Å². The maximum atomic E-state index is 12.0. The minimum atomic E-state index is -0.653. The van der Waals surface area contributed by atoms with Crippen LogP contribution >= 0.6 is 0 Å². The number of esters is 1. The zero-order valence-corrected chi connectivity index (χ0v) is 12.6. The van der Waals surface area contributed by atoms with Crippen LogP contribution in [0.25, 0.3) is 0 Å². The summed E-state index contributed by atoms with van der Waals surface area (Å²) in [4.78, 5) is 16.0. The second-order valence-corrected chi connectivity index (χ2v) is 5.86. The van der Waals surface area contributed by atoms with Crippen LogP contribution in [0.1, 0.15) is 45.1 Å². The van der Waals surface area contributed by atoms with Gasteiger partial charge in [-0.25, -0.2) is 9.79 Å². The average Bonchev–Trinajstić information content (AvgIpc) is 2.93. The van der Waals surface area contributed by atoms with Crippen LogP contribution in [0.3, 0.4) is 0 Å². The molecule has 0 spiro atoms.